The molecule has 0 radical (unpaired) electrons. The SMILES string of the molecule is O=C(Nc1nc(-c2cccs2)c(-c2cccs2)s1)c1ccc(N2C(=O)CCC2=O)cc1. The maximum Gasteiger partial charge on any atom is 0.257 e. The first-order chi connectivity index (χ1) is 15.1. The molecule has 4 aromatic rings. The van der Waals surface area contributed by atoms with Gasteiger partial charge in [0.05, 0.1) is 15.4 Å². The number of imide groups is 1. The molecule has 0 bridgehead atoms. The molecule has 0 spiro atoms. The standard InChI is InChI=1S/C22H15N3O3S3/c26-17-9-10-18(27)25(17)14-7-5-13(6-8-14)21(28)24-22-23-19(15-3-1-11-29-15)20(31-22)16-4-2-12-30-16/h1-8,11-12H,9-10H2,(H,23,24,28). The lowest BCUT2D eigenvalue weighted by Crippen LogP contribution is -2.28. The van der Waals surface area contributed by atoms with Crippen LogP contribution in [0.1, 0.15) is 23.2 Å². The third-order valence-corrected chi connectivity index (χ3v) is 7.68. The van der Waals surface area contributed by atoms with E-state index in [0.29, 0.717) is 16.4 Å². The van der Waals surface area contributed by atoms with E-state index in [1.165, 1.54) is 16.2 Å². The number of thiazole rings is 1. The molecule has 0 atom stereocenters. The van der Waals surface area contributed by atoms with E-state index in [-0.39, 0.29) is 30.6 Å². The van der Waals surface area contributed by atoms with E-state index in [0.717, 1.165) is 20.3 Å². The Morgan fingerprint density at radius 3 is 2.16 bits per heavy atom. The first-order valence-corrected chi connectivity index (χ1v) is 12.0. The Kier molecular flexibility index (Phi) is 5.23. The Balaban J connectivity index is 1.39. The second-order valence-electron chi connectivity index (χ2n) is 6.78. The van der Waals surface area contributed by atoms with Crippen LogP contribution in [0.5, 0.6) is 0 Å². The number of nitrogens with one attached hydrogen (secondary N) is 1. The maximum atomic E-state index is 12.8. The zero-order valence-electron chi connectivity index (χ0n) is 16.0. The molecule has 1 aromatic carbocycles. The number of amides is 3. The molecular formula is C22H15N3O3S3. The van der Waals surface area contributed by atoms with Gasteiger partial charge in [0.15, 0.2) is 5.13 Å². The van der Waals surface area contributed by atoms with Crippen molar-refractivity contribution in [2.45, 2.75) is 12.8 Å². The van der Waals surface area contributed by atoms with E-state index < -0.39 is 0 Å². The predicted octanol–water partition coefficient (Wildman–Crippen LogP) is 5.51. The highest BCUT2D eigenvalue weighted by atomic mass is 32.1. The Labute approximate surface area is 189 Å². The number of nitrogens with zero attached hydrogens (tertiary/aromatic N) is 2. The molecule has 1 aliphatic heterocycles. The van der Waals surface area contributed by atoms with Gasteiger partial charge in [0.25, 0.3) is 5.91 Å². The topological polar surface area (TPSA) is 79.4 Å². The van der Waals surface area contributed by atoms with Gasteiger partial charge >= 0.3 is 0 Å². The van der Waals surface area contributed by atoms with Crippen LogP contribution in [0.4, 0.5) is 10.8 Å². The van der Waals surface area contributed by atoms with Gasteiger partial charge in [0, 0.05) is 23.3 Å². The molecule has 31 heavy (non-hydrogen) atoms. The number of rotatable bonds is 5. The van der Waals surface area contributed by atoms with Crippen LogP contribution in [-0.2, 0) is 9.59 Å². The first kappa shape index (κ1) is 19.8. The highest BCUT2D eigenvalue weighted by Gasteiger charge is 2.30. The van der Waals surface area contributed by atoms with Crippen molar-refractivity contribution in [1.82, 2.24) is 4.98 Å². The number of hydrogen-bond donors (Lipinski definition) is 1. The van der Waals surface area contributed by atoms with Crippen molar-refractivity contribution in [2.75, 3.05) is 10.2 Å². The highest BCUT2D eigenvalue weighted by Crippen LogP contribution is 2.42. The van der Waals surface area contributed by atoms with Gasteiger partial charge in [-0.3, -0.25) is 24.6 Å². The largest absolute Gasteiger partial charge is 0.298 e. The third kappa shape index (κ3) is 3.83. The smallest absolute Gasteiger partial charge is 0.257 e. The minimum absolute atomic E-state index is 0.216. The van der Waals surface area contributed by atoms with Crippen LogP contribution in [0.15, 0.2) is 59.3 Å². The fraction of sp³-hybridized carbons (Fsp3) is 0.0909. The van der Waals surface area contributed by atoms with E-state index in [4.69, 9.17) is 0 Å². The Bertz CT molecular complexity index is 1190. The highest BCUT2D eigenvalue weighted by molar-refractivity contribution is 7.24. The summed E-state index contributed by atoms with van der Waals surface area (Å²) in [7, 11) is 0. The average molecular weight is 466 g/mol. The summed E-state index contributed by atoms with van der Waals surface area (Å²) in [5, 5.41) is 7.42. The van der Waals surface area contributed by atoms with Crippen molar-refractivity contribution in [3.05, 3.63) is 64.9 Å². The quantitative estimate of drug-likeness (QED) is 0.395. The fourth-order valence-corrected chi connectivity index (χ4v) is 5.94. The monoisotopic (exact) mass is 465 g/mol. The van der Waals surface area contributed by atoms with Crippen LogP contribution >= 0.6 is 34.0 Å². The van der Waals surface area contributed by atoms with Crippen molar-refractivity contribution in [2.24, 2.45) is 0 Å². The lowest BCUT2D eigenvalue weighted by molar-refractivity contribution is -0.121. The van der Waals surface area contributed by atoms with Crippen LogP contribution in [-0.4, -0.2) is 22.7 Å². The summed E-state index contributed by atoms with van der Waals surface area (Å²) in [5.41, 5.74) is 1.77. The third-order valence-electron chi connectivity index (χ3n) is 4.79. The van der Waals surface area contributed by atoms with Gasteiger partial charge in [-0.15, -0.1) is 22.7 Å². The van der Waals surface area contributed by atoms with Crippen LogP contribution in [0, 0.1) is 0 Å². The maximum absolute atomic E-state index is 12.8. The molecule has 1 aliphatic rings. The molecule has 4 heterocycles. The summed E-state index contributed by atoms with van der Waals surface area (Å²) >= 11 is 4.68. The number of hydrogen-bond acceptors (Lipinski definition) is 7. The van der Waals surface area contributed by atoms with Crippen LogP contribution in [0.2, 0.25) is 0 Å². The molecule has 1 N–H and O–H groups in total. The van der Waals surface area contributed by atoms with E-state index >= 15 is 0 Å². The van der Waals surface area contributed by atoms with Crippen molar-refractivity contribution in [3.63, 3.8) is 0 Å². The number of carbonyl (C=O) groups is 3. The summed E-state index contributed by atoms with van der Waals surface area (Å²) < 4.78 is 0. The van der Waals surface area contributed by atoms with Gasteiger partial charge < -0.3 is 0 Å². The molecule has 6 nitrogen and oxygen atoms in total. The molecule has 0 saturated carbocycles. The first-order valence-electron chi connectivity index (χ1n) is 9.46. The summed E-state index contributed by atoms with van der Waals surface area (Å²) in [6.45, 7) is 0. The molecule has 3 aromatic heterocycles. The summed E-state index contributed by atoms with van der Waals surface area (Å²) in [6.07, 6.45) is 0.453. The Hall–Kier alpha value is -3.14. The van der Waals surface area contributed by atoms with Crippen molar-refractivity contribution in [3.8, 4) is 20.3 Å². The number of aromatic nitrogens is 1. The summed E-state index contributed by atoms with van der Waals surface area (Å²) in [4.78, 5) is 45.6. The van der Waals surface area contributed by atoms with E-state index in [2.05, 4.69) is 10.3 Å². The number of carbonyl (C=O) groups excluding carboxylic acids is 3. The zero-order chi connectivity index (χ0) is 21.4. The van der Waals surface area contributed by atoms with E-state index in [1.54, 1.807) is 46.9 Å². The normalized spacial score (nSPS) is 13.7. The van der Waals surface area contributed by atoms with Crippen molar-refractivity contribution >= 4 is 62.6 Å². The molecule has 154 valence electrons. The molecule has 3 amide bonds. The second kappa shape index (κ2) is 8.18. The minimum Gasteiger partial charge on any atom is -0.298 e. The molecule has 5 rings (SSSR count). The molecule has 0 unspecified atom stereocenters. The Morgan fingerprint density at radius 2 is 1.55 bits per heavy atom. The van der Waals surface area contributed by atoms with Gasteiger partial charge in [-0.05, 0) is 47.2 Å². The van der Waals surface area contributed by atoms with Gasteiger partial charge in [-0.1, -0.05) is 23.5 Å². The average Bonchev–Trinajstić information content (AvgIpc) is 3.56. The molecular weight excluding hydrogens is 450 g/mol. The molecule has 1 fully saturated rings. The predicted molar refractivity (Wildman–Crippen MR) is 125 cm³/mol. The van der Waals surface area contributed by atoms with Gasteiger partial charge in [0.2, 0.25) is 11.8 Å². The molecule has 1 saturated heterocycles. The molecule has 9 heteroatoms. The minimum atomic E-state index is -0.296. The molecule has 0 aliphatic carbocycles. The van der Waals surface area contributed by atoms with E-state index in [1.807, 2.05) is 35.0 Å². The lowest BCUT2D eigenvalue weighted by Gasteiger charge is -2.13. The van der Waals surface area contributed by atoms with Crippen LogP contribution in [0.3, 0.4) is 0 Å². The van der Waals surface area contributed by atoms with Gasteiger partial charge in [-0.2, -0.15) is 0 Å². The Morgan fingerprint density at radius 1 is 0.903 bits per heavy atom. The van der Waals surface area contributed by atoms with Crippen LogP contribution < -0.4 is 10.2 Å². The number of anilines is 2. The van der Waals surface area contributed by atoms with Crippen molar-refractivity contribution in [1.29, 1.82) is 0 Å². The fourth-order valence-electron chi connectivity index (χ4n) is 3.32. The van der Waals surface area contributed by atoms with Gasteiger partial charge in [-0.25, -0.2) is 4.98 Å². The lowest BCUT2D eigenvalue weighted by atomic mass is 10.2. The van der Waals surface area contributed by atoms with Gasteiger partial charge in [0.1, 0.15) is 5.69 Å². The second-order valence-corrected chi connectivity index (χ2v) is 9.67. The summed E-state index contributed by atoms with van der Waals surface area (Å²) in [6, 6.07) is 14.5. The number of thiophene rings is 2. The van der Waals surface area contributed by atoms with Crippen molar-refractivity contribution < 1.29 is 14.4 Å². The zero-order valence-corrected chi connectivity index (χ0v) is 18.5. The summed E-state index contributed by atoms with van der Waals surface area (Å²) in [5.74, 6) is -0.728. The van der Waals surface area contributed by atoms with Crippen LogP contribution in [0.25, 0.3) is 20.3 Å². The number of benzene rings is 1. The van der Waals surface area contributed by atoms with E-state index in [9.17, 15) is 14.4 Å².